The molecule has 0 aliphatic heterocycles. The second-order valence-corrected chi connectivity index (χ2v) is 5.00. The number of carboxylic acids is 3. The lowest BCUT2D eigenvalue weighted by Gasteiger charge is -2.27. The van der Waals surface area contributed by atoms with E-state index in [4.69, 9.17) is 4.74 Å². The minimum Gasteiger partial charge on any atom is -0.550 e. The number of nitrogens with one attached hydrogen (secondary N) is 1. The number of aliphatic hydroxyl groups is 1. The van der Waals surface area contributed by atoms with Crippen molar-refractivity contribution in [3.63, 3.8) is 0 Å². The molecule has 0 spiro atoms. The molecule has 0 heterocycles. The van der Waals surface area contributed by atoms with Crippen LogP contribution in [-0.4, -0.2) is 47.2 Å². The first-order chi connectivity index (χ1) is 11.6. The zero-order valence-electron chi connectivity index (χ0n) is 12.8. The fraction of sp³-hybridized carbons (Fsp3) is 0.333. The van der Waals surface area contributed by atoms with Crippen LogP contribution in [0.1, 0.15) is 12.8 Å². The van der Waals surface area contributed by atoms with E-state index in [9.17, 15) is 39.6 Å². The van der Waals surface area contributed by atoms with Gasteiger partial charge in [0.1, 0.15) is 12.2 Å². The van der Waals surface area contributed by atoms with Gasteiger partial charge in [0.25, 0.3) is 5.91 Å². The van der Waals surface area contributed by atoms with Gasteiger partial charge >= 0.3 is 0 Å². The zero-order chi connectivity index (χ0) is 19.1. The van der Waals surface area contributed by atoms with Crippen molar-refractivity contribution in [3.8, 4) is 0 Å². The number of aliphatic hydroxyl groups excluding tert-OH is 1. The van der Waals surface area contributed by atoms with Crippen molar-refractivity contribution in [3.05, 3.63) is 36.1 Å². The number of ether oxygens (including phenoxy) is 1. The molecular formula is C15H14NO9-3. The highest BCUT2D eigenvalue weighted by Crippen LogP contribution is 2.18. The summed E-state index contributed by atoms with van der Waals surface area (Å²) in [6.07, 6.45) is -0.396. The Morgan fingerprint density at radius 2 is 1.92 bits per heavy atom. The van der Waals surface area contributed by atoms with E-state index < -0.39 is 66.2 Å². The van der Waals surface area contributed by atoms with Gasteiger partial charge in [-0.3, -0.25) is 4.79 Å². The van der Waals surface area contributed by atoms with E-state index in [-0.39, 0.29) is 0 Å². The number of amides is 1. The van der Waals surface area contributed by atoms with Crippen molar-refractivity contribution in [2.24, 2.45) is 0 Å². The number of hydrogen-bond acceptors (Lipinski definition) is 9. The predicted molar refractivity (Wildman–Crippen MR) is 73.4 cm³/mol. The number of hydrogen-bond donors (Lipinski definition) is 2. The van der Waals surface area contributed by atoms with Crippen molar-refractivity contribution in [1.82, 2.24) is 5.32 Å². The van der Waals surface area contributed by atoms with Crippen LogP contribution in [-0.2, 0) is 23.9 Å². The van der Waals surface area contributed by atoms with E-state index in [1.54, 1.807) is 0 Å². The van der Waals surface area contributed by atoms with Gasteiger partial charge in [-0.05, 0) is 18.9 Å². The van der Waals surface area contributed by atoms with Gasteiger partial charge in [0.2, 0.25) is 0 Å². The summed E-state index contributed by atoms with van der Waals surface area (Å²) in [6, 6.07) is -1.63. The average molecular weight is 352 g/mol. The Hall–Kier alpha value is -3.14. The van der Waals surface area contributed by atoms with Crippen LogP contribution in [0.15, 0.2) is 36.1 Å². The summed E-state index contributed by atoms with van der Waals surface area (Å²) in [7, 11) is 0. The quantitative estimate of drug-likeness (QED) is 0.304. The smallest absolute Gasteiger partial charge is 0.286 e. The van der Waals surface area contributed by atoms with E-state index in [2.05, 4.69) is 6.58 Å². The van der Waals surface area contributed by atoms with Crippen LogP contribution in [0.5, 0.6) is 0 Å². The molecule has 0 saturated carbocycles. The molecule has 0 radical (unpaired) electrons. The maximum absolute atomic E-state index is 11.9. The van der Waals surface area contributed by atoms with E-state index in [0.29, 0.717) is 0 Å². The minimum absolute atomic E-state index is 0.470. The lowest BCUT2D eigenvalue weighted by Crippen LogP contribution is -2.49. The number of carbonyl (C=O) groups is 4. The molecule has 2 N–H and O–H groups in total. The van der Waals surface area contributed by atoms with E-state index in [1.165, 1.54) is 12.2 Å². The Balaban J connectivity index is 2.67. The lowest BCUT2D eigenvalue weighted by atomic mass is 9.99. The summed E-state index contributed by atoms with van der Waals surface area (Å²) >= 11 is 0. The maximum Gasteiger partial charge on any atom is 0.286 e. The Morgan fingerprint density at radius 3 is 2.44 bits per heavy atom. The summed E-state index contributed by atoms with van der Waals surface area (Å²) < 4.78 is 5.03. The second-order valence-electron chi connectivity index (χ2n) is 5.00. The highest BCUT2D eigenvalue weighted by Gasteiger charge is 2.27. The number of aliphatic carboxylic acids is 3. The fourth-order valence-corrected chi connectivity index (χ4v) is 1.91. The molecule has 25 heavy (non-hydrogen) atoms. The van der Waals surface area contributed by atoms with Crippen molar-refractivity contribution >= 4 is 23.8 Å². The molecular weight excluding hydrogens is 338 g/mol. The largest absolute Gasteiger partial charge is 0.550 e. The Morgan fingerprint density at radius 1 is 1.28 bits per heavy atom. The molecule has 0 aromatic heterocycles. The van der Waals surface area contributed by atoms with Crippen molar-refractivity contribution in [1.29, 1.82) is 0 Å². The maximum atomic E-state index is 11.9. The van der Waals surface area contributed by atoms with Crippen molar-refractivity contribution < 1.29 is 44.3 Å². The highest BCUT2D eigenvalue weighted by molar-refractivity contribution is 5.93. The van der Waals surface area contributed by atoms with Crippen LogP contribution in [0, 0.1) is 0 Å². The SMILES string of the molecule is C=C(O[C@H]1C=CC=C(C(=O)[O-])[C@@H]1O)C(=O)N[C@@H](CCC(=O)[O-])C(=O)[O-]. The molecule has 10 heteroatoms. The second kappa shape index (κ2) is 8.64. The third-order valence-corrected chi connectivity index (χ3v) is 3.20. The topological polar surface area (TPSA) is 179 Å². The molecule has 0 bridgehead atoms. The first-order valence-electron chi connectivity index (χ1n) is 6.98. The Bertz CT molecular complexity index is 649. The first-order valence-corrected chi connectivity index (χ1v) is 6.98. The van der Waals surface area contributed by atoms with E-state index in [0.717, 1.165) is 6.08 Å². The molecule has 0 fully saturated rings. The van der Waals surface area contributed by atoms with Gasteiger partial charge in [-0.1, -0.05) is 18.7 Å². The molecule has 1 amide bonds. The minimum atomic E-state index is -1.72. The number of rotatable bonds is 9. The molecule has 1 rings (SSSR count). The molecule has 136 valence electrons. The van der Waals surface area contributed by atoms with Crippen molar-refractivity contribution in [2.75, 3.05) is 0 Å². The summed E-state index contributed by atoms with van der Waals surface area (Å²) in [4.78, 5) is 43.9. The molecule has 1 aliphatic rings. The van der Waals surface area contributed by atoms with Crippen LogP contribution in [0.4, 0.5) is 0 Å². The summed E-state index contributed by atoms with van der Waals surface area (Å²) in [6.45, 7) is 3.26. The van der Waals surface area contributed by atoms with Gasteiger partial charge < -0.3 is 44.9 Å². The molecule has 10 nitrogen and oxygen atoms in total. The summed E-state index contributed by atoms with van der Waals surface area (Å²) in [5.41, 5.74) is -0.470. The molecule has 0 saturated heterocycles. The van der Waals surface area contributed by atoms with Gasteiger partial charge in [-0.25, -0.2) is 0 Å². The third-order valence-electron chi connectivity index (χ3n) is 3.20. The fourth-order valence-electron chi connectivity index (χ4n) is 1.91. The van der Waals surface area contributed by atoms with Gasteiger partial charge in [0.05, 0.1) is 18.0 Å². The van der Waals surface area contributed by atoms with Crippen molar-refractivity contribution in [2.45, 2.75) is 31.1 Å². The zero-order valence-corrected chi connectivity index (χ0v) is 12.8. The predicted octanol–water partition coefficient (Wildman–Crippen LogP) is -4.74. The van der Waals surface area contributed by atoms with Crippen LogP contribution >= 0.6 is 0 Å². The normalized spacial score (nSPS) is 20.1. The van der Waals surface area contributed by atoms with Gasteiger partial charge in [0, 0.05) is 11.5 Å². The van der Waals surface area contributed by atoms with Crippen LogP contribution in [0.3, 0.4) is 0 Å². The monoisotopic (exact) mass is 352 g/mol. The summed E-state index contributed by atoms with van der Waals surface area (Å²) in [5.74, 6) is -6.57. The standard InChI is InChI=1S/C15H17NO9/c1-7(13(20)16-9(15(23)24)5-6-11(17)18)25-10-4-2-3-8(12(10)19)14(21)22/h2-4,9-10,12,19H,1,5-6H2,(H,16,20)(H,17,18)(H,21,22)(H,23,24)/p-3/t9-,10-,12-/m0/s1. The highest BCUT2D eigenvalue weighted by atomic mass is 16.5. The molecule has 1 aliphatic carbocycles. The lowest BCUT2D eigenvalue weighted by molar-refractivity contribution is -0.310. The number of allylic oxidation sites excluding steroid dienone is 2. The van der Waals surface area contributed by atoms with Crippen LogP contribution < -0.4 is 20.6 Å². The Labute approximate surface area is 141 Å². The summed E-state index contributed by atoms with van der Waals surface area (Å²) in [5, 5.41) is 43.8. The molecule has 3 atom stereocenters. The van der Waals surface area contributed by atoms with Crippen LogP contribution in [0.2, 0.25) is 0 Å². The third kappa shape index (κ3) is 5.77. The van der Waals surface area contributed by atoms with Crippen LogP contribution in [0.25, 0.3) is 0 Å². The molecule has 0 aromatic carbocycles. The van der Waals surface area contributed by atoms with Gasteiger partial charge in [-0.15, -0.1) is 0 Å². The number of carboxylic acid groups (broad SMARTS) is 3. The number of carbonyl (C=O) groups excluding carboxylic acids is 4. The molecule has 0 unspecified atom stereocenters. The first kappa shape index (κ1) is 19.9. The van der Waals surface area contributed by atoms with Gasteiger partial charge in [-0.2, -0.15) is 0 Å². The Kier molecular flexibility index (Phi) is 6.88. The van der Waals surface area contributed by atoms with Gasteiger partial charge in [0.15, 0.2) is 5.76 Å². The molecule has 0 aromatic rings. The average Bonchev–Trinajstić information content (AvgIpc) is 2.52. The van der Waals surface area contributed by atoms with E-state index >= 15 is 0 Å². The van der Waals surface area contributed by atoms with E-state index in [1.807, 2.05) is 5.32 Å².